The lowest BCUT2D eigenvalue weighted by atomic mass is 10.2. The van der Waals surface area contributed by atoms with Crippen molar-refractivity contribution in [3.8, 4) is 0 Å². The van der Waals surface area contributed by atoms with Gasteiger partial charge in [0.05, 0.1) is 10.7 Å². The van der Waals surface area contributed by atoms with Gasteiger partial charge in [-0.15, -0.1) is 0 Å². The van der Waals surface area contributed by atoms with E-state index in [-0.39, 0.29) is 0 Å². The van der Waals surface area contributed by atoms with E-state index < -0.39 is 0 Å². The molecule has 0 N–H and O–H groups in total. The second kappa shape index (κ2) is 2.70. The molecule has 0 radical (unpaired) electrons. The molecule has 1 aromatic rings. The van der Waals surface area contributed by atoms with Crippen LogP contribution in [-0.2, 0) is 0 Å². The summed E-state index contributed by atoms with van der Waals surface area (Å²) >= 11 is 3.44. The van der Waals surface area contributed by atoms with Crippen molar-refractivity contribution in [2.75, 3.05) is 0 Å². The first-order chi connectivity index (χ1) is 5.38. The molecule has 0 aliphatic heterocycles. The quantitative estimate of drug-likeness (QED) is 0.640. The zero-order valence-corrected chi connectivity index (χ0v) is 7.47. The summed E-state index contributed by atoms with van der Waals surface area (Å²) in [5.74, 6) is 0.929. The average Bonchev–Trinajstić information content (AvgIpc) is 2.40. The van der Waals surface area contributed by atoms with E-state index in [1.807, 2.05) is 6.07 Å². The van der Waals surface area contributed by atoms with E-state index in [1.165, 1.54) is 0 Å². The van der Waals surface area contributed by atoms with Gasteiger partial charge in [0.1, 0.15) is 5.76 Å². The van der Waals surface area contributed by atoms with Gasteiger partial charge in [0.25, 0.3) is 0 Å². The predicted octanol–water partition coefficient (Wildman–Crippen LogP) is 3.43. The van der Waals surface area contributed by atoms with Gasteiger partial charge in [-0.25, -0.2) is 0 Å². The molecule has 0 saturated carbocycles. The highest BCUT2D eigenvalue weighted by molar-refractivity contribution is 9.15. The van der Waals surface area contributed by atoms with Crippen LogP contribution in [0.25, 0.3) is 10.6 Å². The minimum atomic E-state index is 0.929. The van der Waals surface area contributed by atoms with Gasteiger partial charge < -0.3 is 4.42 Å². The standard InChI is InChI=1S/C9H7BrO/c10-8-4-2-1-3-7-5-6-11-9(7)8/h1,3-6H,2H2. The van der Waals surface area contributed by atoms with E-state index in [4.69, 9.17) is 4.42 Å². The molecule has 1 nitrogen and oxygen atoms in total. The first kappa shape index (κ1) is 6.92. The number of hydrogen-bond donors (Lipinski definition) is 0. The zero-order valence-electron chi connectivity index (χ0n) is 5.88. The van der Waals surface area contributed by atoms with Crippen molar-refractivity contribution in [2.45, 2.75) is 6.42 Å². The van der Waals surface area contributed by atoms with Gasteiger partial charge in [0.2, 0.25) is 0 Å². The molecule has 1 heterocycles. The third-order valence-corrected chi connectivity index (χ3v) is 2.33. The Bertz CT molecular complexity index is 320. The Hall–Kier alpha value is -0.760. The normalized spacial score (nSPS) is 15.5. The fourth-order valence-electron chi connectivity index (χ4n) is 1.10. The smallest absolute Gasteiger partial charge is 0.147 e. The summed E-state index contributed by atoms with van der Waals surface area (Å²) < 4.78 is 6.33. The Kier molecular flexibility index (Phi) is 1.70. The van der Waals surface area contributed by atoms with Crippen LogP contribution >= 0.6 is 15.9 Å². The lowest BCUT2D eigenvalue weighted by Gasteiger charge is -1.92. The summed E-state index contributed by atoms with van der Waals surface area (Å²) in [7, 11) is 0. The topological polar surface area (TPSA) is 13.1 Å². The molecule has 0 amide bonds. The van der Waals surface area contributed by atoms with E-state index >= 15 is 0 Å². The monoisotopic (exact) mass is 210 g/mol. The van der Waals surface area contributed by atoms with Gasteiger partial charge in [-0.2, -0.15) is 0 Å². The van der Waals surface area contributed by atoms with Crippen LogP contribution in [0.5, 0.6) is 0 Å². The van der Waals surface area contributed by atoms with Crippen LogP contribution in [0, 0.1) is 0 Å². The zero-order chi connectivity index (χ0) is 7.68. The van der Waals surface area contributed by atoms with Crippen molar-refractivity contribution in [3.63, 3.8) is 0 Å². The molecular weight excluding hydrogens is 204 g/mol. The SMILES string of the molecule is BrC1=CCC=Cc2ccoc21. The Morgan fingerprint density at radius 2 is 2.36 bits per heavy atom. The molecule has 56 valence electrons. The molecule has 2 heteroatoms. The summed E-state index contributed by atoms with van der Waals surface area (Å²) in [5.41, 5.74) is 1.14. The number of rotatable bonds is 0. The molecule has 1 aliphatic rings. The maximum absolute atomic E-state index is 5.28. The maximum Gasteiger partial charge on any atom is 0.147 e. The molecule has 0 aromatic carbocycles. The van der Waals surface area contributed by atoms with Crippen molar-refractivity contribution >= 4 is 26.5 Å². The highest BCUT2D eigenvalue weighted by Crippen LogP contribution is 2.29. The lowest BCUT2D eigenvalue weighted by Crippen LogP contribution is -1.72. The molecule has 1 aliphatic carbocycles. The minimum Gasteiger partial charge on any atom is -0.463 e. The molecule has 1 aromatic heterocycles. The second-order valence-corrected chi connectivity index (χ2v) is 3.25. The van der Waals surface area contributed by atoms with Crippen molar-refractivity contribution in [3.05, 3.63) is 35.8 Å². The van der Waals surface area contributed by atoms with E-state index in [1.54, 1.807) is 6.26 Å². The number of halogens is 1. The Morgan fingerprint density at radius 1 is 1.45 bits per heavy atom. The van der Waals surface area contributed by atoms with Crippen molar-refractivity contribution < 1.29 is 4.42 Å². The van der Waals surface area contributed by atoms with Gasteiger partial charge in [0, 0.05) is 5.56 Å². The summed E-state index contributed by atoms with van der Waals surface area (Å²) in [4.78, 5) is 0. The molecule has 0 fully saturated rings. The first-order valence-electron chi connectivity index (χ1n) is 3.48. The first-order valence-corrected chi connectivity index (χ1v) is 4.27. The number of hydrogen-bond acceptors (Lipinski definition) is 1. The number of allylic oxidation sites excluding steroid dienone is 2. The molecule has 0 bridgehead atoms. The van der Waals surface area contributed by atoms with Crippen LogP contribution in [0.15, 0.2) is 28.9 Å². The van der Waals surface area contributed by atoms with Gasteiger partial charge >= 0.3 is 0 Å². The fourth-order valence-corrected chi connectivity index (χ4v) is 1.61. The molecule has 2 rings (SSSR count). The predicted molar refractivity (Wildman–Crippen MR) is 49.3 cm³/mol. The van der Waals surface area contributed by atoms with Gasteiger partial charge in [-0.3, -0.25) is 0 Å². The minimum absolute atomic E-state index is 0.929. The molecule has 0 saturated heterocycles. The Labute approximate surface area is 73.5 Å². The molecule has 0 spiro atoms. The Balaban J connectivity index is 2.59. The summed E-state index contributed by atoms with van der Waals surface area (Å²) in [6, 6.07) is 1.96. The summed E-state index contributed by atoms with van der Waals surface area (Å²) in [6.07, 6.45) is 8.94. The van der Waals surface area contributed by atoms with E-state index in [2.05, 4.69) is 34.2 Å². The maximum atomic E-state index is 5.28. The molecule has 0 unspecified atom stereocenters. The molecule has 0 atom stereocenters. The highest BCUT2D eigenvalue weighted by Gasteiger charge is 2.07. The number of furan rings is 1. The summed E-state index contributed by atoms with van der Waals surface area (Å²) in [5, 5.41) is 0. The largest absolute Gasteiger partial charge is 0.463 e. The van der Waals surface area contributed by atoms with E-state index in [9.17, 15) is 0 Å². The third kappa shape index (κ3) is 1.18. The highest BCUT2D eigenvalue weighted by atomic mass is 79.9. The second-order valence-electron chi connectivity index (χ2n) is 2.40. The summed E-state index contributed by atoms with van der Waals surface area (Å²) in [6.45, 7) is 0. The van der Waals surface area contributed by atoms with Crippen LogP contribution in [-0.4, -0.2) is 0 Å². The van der Waals surface area contributed by atoms with Gasteiger partial charge in [-0.05, 0) is 28.4 Å². The van der Waals surface area contributed by atoms with Crippen LogP contribution in [0.1, 0.15) is 17.7 Å². The fraction of sp³-hybridized carbons (Fsp3) is 0.111. The molecular formula is C9H7BrO. The van der Waals surface area contributed by atoms with E-state index in [0.717, 1.165) is 22.2 Å². The van der Waals surface area contributed by atoms with Crippen LogP contribution in [0.4, 0.5) is 0 Å². The Morgan fingerprint density at radius 3 is 3.27 bits per heavy atom. The van der Waals surface area contributed by atoms with Crippen molar-refractivity contribution in [1.82, 2.24) is 0 Å². The number of fused-ring (bicyclic) bond motifs is 1. The van der Waals surface area contributed by atoms with Crippen molar-refractivity contribution in [2.24, 2.45) is 0 Å². The lowest BCUT2D eigenvalue weighted by molar-refractivity contribution is 0.555. The third-order valence-electron chi connectivity index (χ3n) is 1.64. The van der Waals surface area contributed by atoms with Gasteiger partial charge in [0.15, 0.2) is 0 Å². The van der Waals surface area contributed by atoms with Crippen LogP contribution < -0.4 is 0 Å². The van der Waals surface area contributed by atoms with Gasteiger partial charge in [-0.1, -0.05) is 18.2 Å². The van der Waals surface area contributed by atoms with E-state index in [0.29, 0.717) is 0 Å². The van der Waals surface area contributed by atoms with Crippen molar-refractivity contribution in [1.29, 1.82) is 0 Å². The average molecular weight is 211 g/mol. The van der Waals surface area contributed by atoms with Crippen LogP contribution in [0.3, 0.4) is 0 Å². The molecule has 11 heavy (non-hydrogen) atoms. The van der Waals surface area contributed by atoms with Crippen LogP contribution in [0.2, 0.25) is 0 Å².